The molecule has 1 N–H and O–H groups in total. The molecule has 0 spiro atoms. The minimum Gasteiger partial charge on any atom is -0.481 e. The van der Waals surface area contributed by atoms with E-state index in [1.165, 1.54) is 16.7 Å². The maximum atomic E-state index is 10.8. The lowest BCUT2D eigenvalue weighted by Gasteiger charge is -2.20. The van der Waals surface area contributed by atoms with Crippen molar-refractivity contribution >= 4 is 5.97 Å². The van der Waals surface area contributed by atoms with E-state index in [2.05, 4.69) is 36.9 Å². The topological polar surface area (TPSA) is 40.5 Å². The smallest absolute Gasteiger partial charge is 0.307 e. The fourth-order valence-corrected chi connectivity index (χ4v) is 1.92. The van der Waals surface area contributed by atoms with Crippen molar-refractivity contribution in [2.45, 2.75) is 27.3 Å². The van der Waals surface area contributed by atoms with Gasteiger partial charge in [-0.15, -0.1) is 0 Å². The Morgan fingerprint density at radius 1 is 1.41 bits per heavy atom. The van der Waals surface area contributed by atoms with Crippen LogP contribution in [-0.4, -0.2) is 29.6 Å². The first kappa shape index (κ1) is 13.7. The zero-order valence-electron chi connectivity index (χ0n) is 11.0. The third-order valence-electron chi connectivity index (χ3n) is 2.95. The molecule has 1 rings (SSSR count). The van der Waals surface area contributed by atoms with E-state index in [0.29, 0.717) is 6.54 Å². The van der Waals surface area contributed by atoms with E-state index in [9.17, 15) is 4.79 Å². The average molecular weight is 235 g/mol. The lowest BCUT2D eigenvalue weighted by Crippen LogP contribution is -2.28. The highest BCUT2D eigenvalue weighted by Gasteiger charge is 2.14. The molecule has 0 bridgehead atoms. The van der Waals surface area contributed by atoms with E-state index >= 15 is 0 Å². The first-order valence-electron chi connectivity index (χ1n) is 5.87. The highest BCUT2D eigenvalue weighted by Crippen LogP contribution is 2.13. The van der Waals surface area contributed by atoms with Crippen molar-refractivity contribution in [1.82, 2.24) is 4.90 Å². The molecule has 1 atom stereocenters. The van der Waals surface area contributed by atoms with Crippen LogP contribution in [0.3, 0.4) is 0 Å². The lowest BCUT2D eigenvalue weighted by molar-refractivity contribution is -0.141. The molecule has 3 heteroatoms. The van der Waals surface area contributed by atoms with E-state index in [4.69, 9.17) is 5.11 Å². The summed E-state index contributed by atoms with van der Waals surface area (Å²) in [6.07, 6.45) is 0. The van der Waals surface area contributed by atoms with E-state index < -0.39 is 5.97 Å². The van der Waals surface area contributed by atoms with Crippen LogP contribution in [0.25, 0.3) is 0 Å². The predicted molar refractivity (Wildman–Crippen MR) is 69.0 cm³/mol. The first-order valence-corrected chi connectivity index (χ1v) is 5.87. The molecule has 0 amide bonds. The summed E-state index contributed by atoms with van der Waals surface area (Å²) >= 11 is 0. The van der Waals surface area contributed by atoms with Crippen molar-refractivity contribution in [3.05, 3.63) is 34.9 Å². The third kappa shape index (κ3) is 4.19. The summed E-state index contributed by atoms with van der Waals surface area (Å²) in [6, 6.07) is 6.37. The molecule has 0 saturated heterocycles. The Morgan fingerprint density at radius 2 is 2.06 bits per heavy atom. The van der Waals surface area contributed by atoms with Crippen molar-refractivity contribution in [1.29, 1.82) is 0 Å². The van der Waals surface area contributed by atoms with Crippen LogP contribution in [0.2, 0.25) is 0 Å². The van der Waals surface area contributed by atoms with Gasteiger partial charge in [-0.1, -0.05) is 30.7 Å². The van der Waals surface area contributed by atoms with E-state index in [1.54, 1.807) is 6.92 Å². The molecule has 17 heavy (non-hydrogen) atoms. The molecule has 0 aliphatic heterocycles. The highest BCUT2D eigenvalue weighted by molar-refractivity contribution is 5.69. The van der Waals surface area contributed by atoms with Gasteiger partial charge in [0, 0.05) is 13.1 Å². The Morgan fingerprint density at radius 3 is 2.59 bits per heavy atom. The average Bonchev–Trinajstić information content (AvgIpc) is 2.22. The molecule has 0 fully saturated rings. The molecule has 94 valence electrons. The van der Waals surface area contributed by atoms with Gasteiger partial charge in [0.2, 0.25) is 0 Å². The molecule has 0 heterocycles. The summed E-state index contributed by atoms with van der Waals surface area (Å²) in [6.45, 7) is 7.27. The number of carbonyl (C=O) groups is 1. The molecule has 0 saturated carbocycles. The summed E-state index contributed by atoms with van der Waals surface area (Å²) in [4.78, 5) is 12.8. The number of aliphatic carboxylic acids is 1. The number of nitrogens with zero attached hydrogens (tertiary/aromatic N) is 1. The molecular formula is C14H21NO2. The Labute approximate surface area is 103 Å². The van der Waals surface area contributed by atoms with Gasteiger partial charge >= 0.3 is 5.97 Å². The van der Waals surface area contributed by atoms with E-state index in [1.807, 2.05) is 7.05 Å². The SMILES string of the molecule is Cc1ccc(CN(C)CC(C)C(=O)O)c(C)c1. The normalized spacial score (nSPS) is 12.8. The standard InChI is InChI=1S/C14H21NO2/c1-10-5-6-13(11(2)7-10)9-15(4)8-12(3)14(16)17/h5-7,12H,8-9H2,1-4H3,(H,16,17). The number of hydrogen-bond donors (Lipinski definition) is 1. The van der Waals surface area contributed by atoms with Crippen molar-refractivity contribution in [3.63, 3.8) is 0 Å². The minimum atomic E-state index is -0.738. The molecule has 1 aromatic rings. The fourth-order valence-electron chi connectivity index (χ4n) is 1.92. The summed E-state index contributed by atoms with van der Waals surface area (Å²) in [5.41, 5.74) is 3.78. The zero-order valence-corrected chi connectivity index (χ0v) is 11.0. The molecule has 3 nitrogen and oxygen atoms in total. The van der Waals surface area contributed by atoms with Gasteiger partial charge in [-0.05, 0) is 32.0 Å². The molecule has 0 aliphatic carbocycles. The summed E-state index contributed by atoms with van der Waals surface area (Å²) < 4.78 is 0. The van der Waals surface area contributed by atoms with Gasteiger partial charge in [-0.25, -0.2) is 0 Å². The largest absolute Gasteiger partial charge is 0.481 e. The van der Waals surface area contributed by atoms with Gasteiger partial charge in [0.25, 0.3) is 0 Å². The van der Waals surface area contributed by atoms with Crippen molar-refractivity contribution in [3.8, 4) is 0 Å². The first-order chi connectivity index (χ1) is 7.90. The van der Waals surface area contributed by atoms with Crippen LogP contribution >= 0.6 is 0 Å². The molecule has 1 aromatic carbocycles. The van der Waals surface area contributed by atoms with Crippen LogP contribution in [-0.2, 0) is 11.3 Å². The number of aryl methyl sites for hydroxylation is 2. The minimum absolute atomic E-state index is 0.328. The maximum absolute atomic E-state index is 10.8. The van der Waals surface area contributed by atoms with Crippen LogP contribution in [0.4, 0.5) is 0 Å². The maximum Gasteiger partial charge on any atom is 0.307 e. The third-order valence-corrected chi connectivity index (χ3v) is 2.95. The second kappa shape index (κ2) is 5.82. The van der Waals surface area contributed by atoms with Crippen molar-refractivity contribution in [2.24, 2.45) is 5.92 Å². The monoisotopic (exact) mass is 235 g/mol. The number of hydrogen-bond acceptors (Lipinski definition) is 2. The summed E-state index contributed by atoms with van der Waals surface area (Å²) in [5, 5.41) is 8.86. The van der Waals surface area contributed by atoms with Crippen LogP contribution in [0.15, 0.2) is 18.2 Å². The molecule has 0 radical (unpaired) electrons. The summed E-state index contributed by atoms with van der Waals surface area (Å²) in [5.74, 6) is -1.07. The van der Waals surface area contributed by atoms with Gasteiger partial charge in [0.05, 0.1) is 5.92 Å². The van der Waals surface area contributed by atoms with Crippen LogP contribution in [0, 0.1) is 19.8 Å². The Kier molecular flexibility index (Phi) is 4.70. The highest BCUT2D eigenvalue weighted by atomic mass is 16.4. The number of carboxylic acids is 1. The van der Waals surface area contributed by atoms with E-state index in [0.717, 1.165) is 6.54 Å². The fraction of sp³-hybridized carbons (Fsp3) is 0.500. The predicted octanol–water partition coefficient (Wildman–Crippen LogP) is 2.46. The quantitative estimate of drug-likeness (QED) is 0.852. The molecular weight excluding hydrogens is 214 g/mol. The van der Waals surface area contributed by atoms with Gasteiger partial charge in [-0.3, -0.25) is 4.79 Å². The molecule has 0 aliphatic rings. The molecule has 0 aromatic heterocycles. The Balaban J connectivity index is 2.62. The van der Waals surface area contributed by atoms with Gasteiger partial charge in [-0.2, -0.15) is 0 Å². The number of carboxylic acid groups (broad SMARTS) is 1. The number of rotatable bonds is 5. The lowest BCUT2D eigenvalue weighted by atomic mass is 10.0. The second-order valence-corrected chi connectivity index (χ2v) is 4.87. The van der Waals surface area contributed by atoms with Gasteiger partial charge < -0.3 is 10.0 Å². The summed E-state index contributed by atoms with van der Waals surface area (Å²) in [7, 11) is 1.96. The van der Waals surface area contributed by atoms with Crippen molar-refractivity contribution in [2.75, 3.05) is 13.6 Å². The zero-order chi connectivity index (χ0) is 13.0. The van der Waals surface area contributed by atoms with Crippen LogP contribution in [0.5, 0.6) is 0 Å². The van der Waals surface area contributed by atoms with Crippen LogP contribution < -0.4 is 0 Å². The van der Waals surface area contributed by atoms with Gasteiger partial charge in [0.1, 0.15) is 0 Å². The van der Waals surface area contributed by atoms with Gasteiger partial charge in [0.15, 0.2) is 0 Å². The molecule has 1 unspecified atom stereocenters. The van der Waals surface area contributed by atoms with Crippen molar-refractivity contribution < 1.29 is 9.90 Å². The Hall–Kier alpha value is -1.35. The number of benzene rings is 1. The van der Waals surface area contributed by atoms with Crippen LogP contribution in [0.1, 0.15) is 23.6 Å². The van der Waals surface area contributed by atoms with E-state index in [-0.39, 0.29) is 5.92 Å². The second-order valence-electron chi connectivity index (χ2n) is 4.87. The Bertz CT molecular complexity index is 401.